The molecule has 12 heteroatoms. The average molecular weight is 511 g/mol. The van der Waals surface area contributed by atoms with Crippen LogP contribution in [0, 0.1) is 0 Å². The number of H-pyrrole nitrogens is 1. The Hall–Kier alpha value is -1.66. The van der Waals surface area contributed by atoms with Gasteiger partial charge in [-0.05, 0) is 34.7 Å². The number of ether oxygens (including phenoxy) is 1. The van der Waals surface area contributed by atoms with Gasteiger partial charge in [0.1, 0.15) is 18.8 Å². The van der Waals surface area contributed by atoms with Gasteiger partial charge in [-0.15, -0.1) is 4.52 Å². The number of aliphatic hydroxyl groups is 1. The molecular weight excluding hydrogens is 497 g/mol. The van der Waals surface area contributed by atoms with Crippen LogP contribution in [0.1, 0.15) is 6.23 Å². The molecule has 0 bridgehead atoms. The maximum Gasteiger partial charge on any atom is 0.750 e. The van der Waals surface area contributed by atoms with Gasteiger partial charge in [0.25, 0.3) is 5.56 Å². The Morgan fingerprint density at radius 3 is 2.70 bits per heavy atom. The van der Waals surface area contributed by atoms with Crippen LogP contribution < -0.4 is 15.8 Å². The lowest BCUT2D eigenvalue weighted by Gasteiger charge is -2.22. The van der Waals surface area contributed by atoms with Crippen molar-refractivity contribution in [2.45, 2.75) is 22.1 Å². The highest BCUT2D eigenvalue weighted by Crippen LogP contribution is 2.46. The Labute approximate surface area is 166 Å². The van der Waals surface area contributed by atoms with Gasteiger partial charge in [-0.2, -0.15) is 0 Å². The fourth-order valence-corrected chi connectivity index (χ4v) is 3.91. The predicted octanol–water partition coefficient (Wildman–Crippen LogP) is 1.65. The second kappa shape index (κ2) is 8.15. The van der Waals surface area contributed by atoms with E-state index >= 15 is 0 Å². The average Bonchev–Trinajstić information content (AvgIpc) is 2.84. The van der Waals surface area contributed by atoms with Crippen molar-refractivity contribution < 1.29 is 27.8 Å². The van der Waals surface area contributed by atoms with Crippen LogP contribution in [0.2, 0.25) is 0 Å². The third kappa shape index (κ3) is 4.43. The van der Waals surface area contributed by atoms with Gasteiger partial charge in [0.15, 0.2) is 12.0 Å². The smallest absolute Gasteiger partial charge is 0.386 e. The van der Waals surface area contributed by atoms with Crippen molar-refractivity contribution in [2.75, 3.05) is 6.61 Å². The molecular formula is C15H14FIN2O7P+. The summed E-state index contributed by atoms with van der Waals surface area (Å²) in [6.45, 7) is -0.438. The molecule has 1 aromatic carbocycles. The Morgan fingerprint density at radius 1 is 1.33 bits per heavy atom. The van der Waals surface area contributed by atoms with Crippen LogP contribution in [0.3, 0.4) is 0 Å². The van der Waals surface area contributed by atoms with Crippen molar-refractivity contribution in [1.29, 1.82) is 0 Å². The van der Waals surface area contributed by atoms with Gasteiger partial charge in [-0.3, -0.25) is 14.3 Å². The van der Waals surface area contributed by atoms with E-state index in [4.69, 9.17) is 13.8 Å². The highest BCUT2D eigenvalue weighted by atomic mass is 127. The van der Waals surface area contributed by atoms with E-state index < -0.39 is 48.2 Å². The van der Waals surface area contributed by atoms with Crippen LogP contribution in [-0.2, 0) is 13.8 Å². The summed E-state index contributed by atoms with van der Waals surface area (Å²) in [5.41, 5.74) is -1.54. The number of hydrogen-bond donors (Lipinski definition) is 2. The van der Waals surface area contributed by atoms with E-state index in [1.807, 2.05) is 4.98 Å². The van der Waals surface area contributed by atoms with Crippen molar-refractivity contribution in [1.82, 2.24) is 9.55 Å². The number of aromatic nitrogens is 2. The van der Waals surface area contributed by atoms with E-state index in [1.165, 1.54) is 22.6 Å². The van der Waals surface area contributed by atoms with E-state index in [0.717, 1.165) is 16.8 Å². The zero-order valence-corrected chi connectivity index (χ0v) is 16.6. The molecule has 3 rings (SSSR count). The highest BCUT2D eigenvalue weighted by Gasteiger charge is 2.57. The topological polar surface area (TPSA) is 120 Å². The first-order chi connectivity index (χ1) is 12.8. The quantitative estimate of drug-likeness (QED) is 0.344. The van der Waals surface area contributed by atoms with E-state index in [2.05, 4.69) is 0 Å². The molecule has 1 aromatic heterocycles. The van der Waals surface area contributed by atoms with Crippen molar-refractivity contribution in [3.05, 3.63) is 63.4 Å². The molecule has 1 saturated heterocycles. The fraction of sp³-hybridized carbons (Fsp3) is 0.333. The van der Waals surface area contributed by atoms with E-state index in [1.54, 1.807) is 30.3 Å². The van der Waals surface area contributed by atoms with Gasteiger partial charge in [-0.25, -0.2) is 13.7 Å². The summed E-state index contributed by atoms with van der Waals surface area (Å²) in [4.78, 5) is 25.0. The molecule has 27 heavy (non-hydrogen) atoms. The van der Waals surface area contributed by atoms with Gasteiger partial charge >= 0.3 is 13.9 Å². The number of benzene rings is 1. The molecule has 2 aromatic rings. The van der Waals surface area contributed by atoms with Crippen LogP contribution in [-0.4, -0.2) is 37.1 Å². The van der Waals surface area contributed by atoms with Gasteiger partial charge in [0.2, 0.25) is 3.68 Å². The zero-order chi connectivity index (χ0) is 19.6. The normalized spacial score (nSPS) is 28.1. The molecule has 0 radical (unpaired) electrons. The first-order valence-corrected chi connectivity index (χ1v) is 9.82. The number of nitrogens with one attached hydrogen (secondary N) is 1. The number of nitrogens with zero attached hydrogens (tertiary/aromatic N) is 1. The fourth-order valence-electron chi connectivity index (χ4n) is 2.45. The SMILES string of the molecule is O=c1ccn([C@@H]2O[C@H](CO[P+](=O)Oc3ccccc3)[C@@H](O)[C@]2(F)I)c(=O)[nH]1. The number of para-hydroxylation sites is 1. The summed E-state index contributed by atoms with van der Waals surface area (Å²) in [5, 5.41) is 10.2. The van der Waals surface area contributed by atoms with Gasteiger partial charge in [0, 0.05) is 16.8 Å². The minimum Gasteiger partial charge on any atom is -0.386 e. The third-order valence-electron chi connectivity index (χ3n) is 3.75. The lowest BCUT2D eigenvalue weighted by molar-refractivity contribution is -0.0458. The van der Waals surface area contributed by atoms with E-state index in [9.17, 15) is 23.7 Å². The summed E-state index contributed by atoms with van der Waals surface area (Å²) in [7, 11) is -2.58. The Kier molecular flexibility index (Phi) is 6.06. The number of halogens is 2. The molecule has 1 fully saturated rings. The monoisotopic (exact) mass is 511 g/mol. The lowest BCUT2D eigenvalue weighted by Crippen LogP contribution is -2.41. The summed E-state index contributed by atoms with van der Waals surface area (Å²) >= 11 is 1.32. The van der Waals surface area contributed by atoms with Crippen molar-refractivity contribution in [3.8, 4) is 5.75 Å². The molecule has 2 N–H and O–H groups in total. The summed E-state index contributed by atoms with van der Waals surface area (Å²) in [6, 6.07) is 9.30. The molecule has 0 amide bonds. The summed E-state index contributed by atoms with van der Waals surface area (Å²) in [5.74, 6) is 0.317. The maximum atomic E-state index is 15.0. The Morgan fingerprint density at radius 2 is 2.04 bits per heavy atom. The Bertz CT molecular complexity index is 936. The molecule has 0 spiro atoms. The predicted molar refractivity (Wildman–Crippen MR) is 99.7 cm³/mol. The number of aliphatic hydroxyl groups excluding tert-OH is 1. The van der Waals surface area contributed by atoms with Crippen LogP contribution in [0.5, 0.6) is 5.75 Å². The van der Waals surface area contributed by atoms with E-state index in [0.29, 0.717) is 5.75 Å². The van der Waals surface area contributed by atoms with Crippen molar-refractivity contribution >= 4 is 30.8 Å². The van der Waals surface area contributed by atoms with Crippen LogP contribution >= 0.6 is 30.8 Å². The minimum absolute atomic E-state index is 0.317. The molecule has 1 unspecified atom stereocenters. The molecule has 144 valence electrons. The second-order valence-electron chi connectivity index (χ2n) is 5.59. The molecule has 0 aliphatic carbocycles. The summed E-state index contributed by atoms with van der Waals surface area (Å²) in [6.07, 6.45) is -3.34. The maximum absolute atomic E-state index is 15.0. The molecule has 1 aliphatic rings. The Balaban J connectivity index is 1.68. The number of alkyl halides is 2. The molecule has 2 heterocycles. The lowest BCUT2D eigenvalue weighted by atomic mass is 10.1. The van der Waals surface area contributed by atoms with Gasteiger partial charge < -0.3 is 9.84 Å². The molecule has 5 atom stereocenters. The number of hydrogen-bond acceptors (Lipinski definition) is 7. The number of rotatable bonds is 6. The first kappa shape index (κ1) is 20.1. The first-order valence-electron chi connectivity index (χ1n) is 7.65. The van der Waals surface area contributed by atoms with Gasteiger partial charge in [-0.1, -0.05) is 18.2 Å². The van der Waals surface area contributed by atoms with Crippen molar-refractivity contribution in [3.63, 3.8) is 0 Å². The molecule has 1 aliphatic heterocycles. The van der Waals surface area contributed by atoms with Crippen LogP contribution in [0.25, 0.3) is 0 Å². The third-order valence-corrected chi connectivity index (χ3v) is 5.64. The minimum atomic E-state index is -2.58. The number of aromatic amines is 1. The van der Waals surface area contributed by atoms with Crippen LogP contribution in [0.15, 0.2) is 52.2 Å². The van der Waals surface area contributed by atoms with Gasteiger partial charge in [0.05, 0.1) is 0 Å². The standard InChI is InChI=1S/C15H13FIN2O7P/c16-15(17)12(21)10(8-24-27(23)26-9-4-2-1-3-5-9)25-13(15)19-7-6-11(20)18-14(19)22/h1-7,10,12-13,21H,8H2/p+1/t10-,12-,13-,15+/m1/s1. The highest BCUT2D eigenvalue weighted by molar-refractivity contribution is 14.1. The second-order valence-corrected chi connectivity index (χ2v) is 8.13. The van der Waals surface area contributed by atoms with Crippen molar-refractivity contribution in [2.24, 2.45) is 0 Å². The zero-order valence-electron chi connectivity index (χ0n) is 13.5. The molecule has 9 nitrogen and oxygen atoms in total. The largest absolute Gasteiger partial charge is 0.750 e. The molecule has 0 saturated carbocycles. The van der Waals surface area contributed by atoms with E-state index in [-0.39, 0.29) is 0 Å². The van der Waals surface area contributed by atoms with Crippen LogP contribution in [0.4, 0.5) is 4.39 Å². The summed E-state index contributed by atoms with van der Waals surface area (Å²) < 4.78 is 40.7.